The molecule has 0 atom stereocenters. The highest BCUT2D eigenvalue weighted by Crippen LogP contribution is 2.18. The molecule has 0 saturated heterocycles. The van der Waals surface area contributed by atoms with E-state index in [0.717, 1.165) is 11.1 Å². The molecule has 0 aliphatic rings. The van der Waals surface area contributed by atoms with Crippen LogP contribution < -0.4 is 10.6 Å². The van der Waals surface area contributed by atoms with Gasteiger partial charge in [-0.3, -0.25) is 19.0 Å². The third kappa shape index (κ3) is 3.84. The quantitative estimate of drug-likeness (QED) is 0.552. The number of nitrogens with one attached hydrogen (secondary N) is 2. The normalized spacial score (nSPS) is 10.7. The number of hydrogen-bond acceptors (Lipinski definition) is 4. The third-order valence-electron chi connectivity index (χ3n) is 4.56. The minimum atomic E-state index is -0.365. The Bertz CT molecular complexity index is 1180. The third-order valence-corrected chi connectivity index (χ3v) is 4.56. The summed E-state index contributed by atoms with van der Waals surface area (Å²) in [5.74, 6) is -0.571. The molecule has 4 rings (SSSR count). The number of aromatic nitrogens is 3. The van der Waals surface area contributed by atoms with Gasteiger partial charge in [-0.2, -0.15) is 0 Å². The highest BCUT2D eigenvalue weighted by molar-refractivity contribution is 6.09. The van der Waals surface area contributed by atoms with Crippen LogP contribution in [0, 0.1) is 6.92 Å². The van der Waals surface area contributed by atoms with Gasteiger partial charge < -0.3 is 10.6 Å². The molecule has 4 aromatic rings. The first kappa shape index (κ1) is 18.4. The predicted molar refractivity (Wildman–Crippen MR) is 110 cm³/mol. The fraction of sp³-hybridized carbons (Fsp3) is 0.0909. The minimum Gasteiger partial charge on any atom is -0.345 e. The van der Waals surface area contributed by atoms with Crippen LogP contribution in [0.2, 0.25) is 0 Å². The number of imidazole rings is 1. The van der Waals surface area contributed by atoms with E-state index in [9.17, 15) is 9.59 Å². The summed E-state index contributed by atoms with van der Waals surface area (Å²) in [6.45, 7) is 2.26. The Hall–Kier alpha value is -4.00. The Morgan fingerprint density at radius 3 is 2.52 bits per heavy atom. The molecule has 2 amide bonds. The summed E-state index contributed by atoms with van der Waals surface area (Å²) in [7, 11) is 0. The van der Waals surface area contributed by atoms with Crippen molar-refractivity contribution in [3.05, 3.63) is 95.8 Å². The molecule has 0 saturated carbocycles. The second-order valence-electron chi connectivity index (χ2n) is 6.55. The van der Waals surface area contributed by atoms with Crippen LogP contribution in [-0.4, -0.2) is 26.2 Å². The lowest BCUT2D eigenvalue weighted by Gasteiger charge is -2.06. The van der Waals surface area contributed by atoms with E-state index in [1.54, 1.807) is 41.2 Å². The van der Waals surface area contributed by atoms with E-state index in [1.807, 2.05) is 43.3 Å². The van der Waals surface area contributed by atoms with Crippen molar-refractivity contribution in [3.63, 3.8) is 0 Å². The zero-order valence-electron chi connectivity index (χ0n) is 15.8. The number of para-hydroxylation sites is 1. The SMILES string of the molecule is Cc1ccccc1NC(=O)c1nc(C(=O)NCc2ccncc2)n2ccccc12. The Labute approximate surface area is 167 Å². The zero-order valence-corrected chi connectivity index (χ0v) is 15.8. The highest BCUT2D eigenvalue weighted by atomic mass is 16.2. The van der Waals surface area contributed by atoms with Crippen molar-refractivity contribution in [3.8, 4) is 0 Å². The number of carbonyl (C=O) groups is 2. The number of rotatable bonds is 5. The number of hydrogen-bond donors (Lipinski definition) is 2. The summed E-state index contributed by atoms with van der Waals surface area (Å²) >= 11 is 0. The van der Waals surface area contributed by atoms with Crippen LogP contribution in [0.25, 0.3) is 5.52 Å². The van der Waals surface area contributed by atoms with Gasteiger partial charge >= 0.3 is 0 Å². The zero-order chi connectivity index (χ0) is 20.2. The van der Waals surface area contributed by atoms with Gasteiger partial charge in [0.25, 0.3) is 11.8 Å². The summed E-state index contributed by atoms with van der Waals surface area (Å²) in [6, 6.07) is 16.5. The fourth-order valence-corrected chi connectivity index (χ4v) is 3.02. The van der Waals surface area contributed by atoms with Crippen molar-refractivity contribution in [1.82, 2.24) is 19.7 Å². The maximum atomic E-state index is 12.9. The molecule has 0 aliphatic carbocycles. The van der Waals surface area contributed by atoms with Crippen LogP contribution in [0.4, 0.5) is 5.69 Å². The van der Waals surface area contributed by atoms with Crippen molar-refractivity contribution in [2.45, 2.75) is 13.5 Å². The molecule has 7 nitrogen and oxygen atoms in total. The molecule has 1 aromatic carbocycles. The first-order valence-corrected chi connectivity index (χ1v) is 9.14. The van der Waals surface area contributed by atoms with Crippen molar-refractivity contribution >= 4 is 23.0 Å². The Morgan fingerprint density at radius 2 is 1.72 bits per heavy atom. The highest BCUT2D eigenvalue weighted by Gasteiger charge is 2.21. The minimum absolute atomic E-state index is 0.157. The number of pyridine rings is 2. The fourth-order valence-electron chi connectivity index (χ4n) is 3.02. The molecule has 0 bridgehead atoms. The number of amides is 2. The molecule has 0 radical (unpaired) electrons. The largest absolute Gasteiger partial charge is 0.345 e. The van der Waals surface area contributed by atoms with E-state index < -0.39 is 0 Å². The van der Waals surface area contributed by atoms with Gasteiger partial charge in [0.15, 0.2) is 5.69 Å². The van der Waals surface area contributed by atoms with Gasteiger partial charge in [-0.05, 0) is 48.4 Å². The molecule has 7 heteroatoms. The second kappa shape index (κ2) is 7.93. The van der Waals surface area contributed by atoms with Crippen LogP contribution in [0.5, 0.6) is 0 Å². The molecule has 0 fully saturated rings. The average Bonchev–Trinajstić information content (AvgIpc) is 3.14. The maximum Gasteiger partial charge on any atom is 0.287 e. The van der Waals surface area contributed by atoms with Crippen LogP contribution in [0.3, 0.4) is 0 Å². The first-order chi connectivity index (χ1) is 14.1. The average molecular weight is 385 g/mol. The second-order valence-corrected chi connectivity index (χ2v) is 6.55. The van der Waals surface area contributed by atoms with E-state index in [1.165, 1.54) is 0 Å². The number of benzene rings is 1. The lowest BCUT2D eigenvalue weighted by atomic mass is 10.2. The Morgan fingerprint density at radius 1 is 0.966 bits per heavy atom. The molecule has 144 valence electrons. The standard InChI is InChI=1S/C22H19N5O2/c1-15-6-2-3-7-17(15)25-21(28)19-18-8-4-5-13-27(18)20(26-19)22(29)24-14-16-9-11-23-12-10-16/h2-13H,14H2,1H3,(H,24,29)(H,25,28). The Balaban J connectivity index is 1.62. The van der Waals surface area contributed by atoms with Crippen LogP contribution >= 0.6 is 0 Å². The lowest BCUT2D eigenvalue weighted by Crippen LogP contribution is -2.25. The predicted octanol–water partition coefficient (Wildman–Crippen LogP) is 3.22. The number of nitrogens with zero attached hydrogens (tertiary/aromatic N) is 3. The smallest absolute Gasteiger partial charge is 0.287 e. The summed E-state index contributed by atoms with van der Waals surface area (Å²) in [6.07, 6.45) is 5.05. The number of anilines is 1. The molecule has 29 heavy (non-hydrogen) atoms. The van der Waals surface area contributed by atoms with Crippen molar-refractivity contribution in [2.24, 2.45) is 0 Å². The number of carbonyl (C=O) groups excluding carboxylic acids is 2. The molecule has 0 aliphatic heterocycles. The van der Waals surface area contributed by atoms with Crippen LogP contribution in [0.1, 0.15) is 32.2 Å². The molecule has 0 unspecified atom stereocenters. The van der Waals surface area contributed by atoms with Crippen LogP contribution in [0.15, 0.2) is 73.2 Å². The Kier molecular flexibility index (Phi) is 5.03. The van der Waals surface area contributed by atoms with Gasteiger partial charge in [0.1, 0.15) is 0 Å². The summed E-state index contributed by atoms with van der Waals surface area (Å²) in [5, 5.41) is 5.71. The van der Waals surface area contributed by atoms with Gasteiger partial charge in [-0.25, -0.2) is 4.98 Å². The van der Waals surface area contributed by atoms with Gasteiger partial charge in [-0.1, -0.05) is 24.3 Å². The van der Waals surface area contributed by atoms with E-state index in [-0.39, 0.29) is 23.3 Å². The van der Waals surface area contributed by atoms with Crippen molar-refractivity contribution in [2.75, 3.05) is 5.32 Å². The van der Waals surface area contributed by atoms with E-state index in [4.69, 9.17) is 0 Å². The molecular weight excluding hydrogens is 366 g/mol. The van der Waals surface area contributed by atoms with Crippen molar-refractivity contribution < 1.29 is 9.59 Å². The maximum absolute atomic E-state index is 12.9. The molecule has 2 N–H and O–H groups in total. The monoisotopic (exact) mass is 385 g/mol. The lowest BCUT2D eigenvalue weighted by molar-refractivity contribution is 0.0940. The van der Waals surface area contributed by atoms with E-state index in [0.29, 0.717) is 17.7 Å². The molecule has 3 heterocycles. The molecule has 3 aromatic heterocycles. The van der Waals surface area contributed by atoms with E-state index in [2.05, 4.69) is 20.6 Å². The van der Waals surface area contributed by atoms with Crippen LogP contribution in [-0.2, 0) is 6.54 Å². The summed E-state index contributed by atoms with van der Waals surface area (Å²) < 4.78 is 1.62. The number of fused-ring (bicyclic) bond motifs is 1. The van der Waals surface area contributed by atoms with Crippen molar-refractivity contribution in [1.29, 1.82) is 0 Å². The van der Waals surface area contributed by atoms with Gasteiger partial charge in [0.2, 0.25) is 5.82 Å². The summed E-state index contributed by atoms with van der Waals surface area (Å²) in [5.41, 5.74) is 3.33. The van der Waals surface area contributed by atoms with Gasteiger partial charge in [0, 0.05) is 30.8 Å². The van der Waals surface area contributed by atoms with E-state index >= 15 is 0 Å². The van der Waals surface area contributed by atoms with Gasteiger partial charge in [-0.15, -0.1) is 0 Å². The van der Waals surface area contributed by atoms with Gasteiger partial charge in [0.05, 0.1) is 5.52 Å². The topological polar surface area (TPSA) is 88.4 Å². The summed E-state index contributed by atoms with van der Waals surface area (Å²) in [4.78, 5) is 33.9. The molecular formula is C22H19N5O2. The first-order valence-electron chi connectivity index (χ1n) is 9.14. The molecule has 0 spiro atoms. The number of aryl methyl sites for hydroxylation is 1.